The second-order valence-corrected chi connectivity index (χ2v) is 9.69. The van der Waals surface area contributed by atoms with E-state index < -0.39 is 5.82 Å². The van der Waals surface area contributed by atoms with Gasteiger partial charge in [0.15, 0.2) is 34.9 Å². The van der Waals surface area contributed by atoms with E-state index in [0.717, 1.165) is 22.3 Å². The van der Waals surface area contributed by atoms with Crippen LogP contribution >= 0.6 is 0 Å². The number of allylic oxidation sites excluding steroid dienone is 6. The zero-order chi connectivity index (χ0) is 29.0. The first-order chi connectivity index (χ1) is 21.2. The summed E-state index contributed by atoms with van der Waals surface area (Å²) >= 11 is 0. The summed E-state index contributed by atoms with van der Waals surface area (Å²) in [6, 6.07) is 33.7. The Bertz CT molecular complexity index is 1960. The van der Waals surface area contributed by atoms with Crippen LogP contribution in [0.1, 0.15) is 5.82 Å². The lowest BCUT2D eigenvalue weighted by molar-refractivity contribution is 0.630. The van der Waals surface area contributed by atoms with Crippen molar-refractivity contribution >= 4 is 5.57 Å². The third-order valence-electron chi connectivity index (χ3n) is 6.81. The fraction of sp³-hybridized carbons (Fsp3) is 0. The maximum atomic E-state index is 15.6. The Kier molecular flexibility index (Phi) is 6.89. The van der Waals surface area contributed by atoms with E-state index in [-0.39, 0.29) is 11.4 Å². The second-order valence-electron chi connectivity index (χ2n) is 9.69. The Balaban J connectivity index is 1.39. The van der Waals surface area contributed by atoms with Crippen molar-refractivity contribution in [2.45, 2.75) is 0 Å². The molecule has 2 aromatic heterocycles. The number of benzene rings is 4. The SMILES string of the molecule is Fc1ccc(-c2nc(-c3ccccc3)nc(-c3ccccc3)n2)cc1-c1nc(C2=CC=[C+]C=C2)nc(-c2ccccc2)n1. The quantitative estimate of drug-likeness (QED) is 0.194. The van der Waals surface area contributed by atoms with Gasteiger partial charge >= 0.3 is 0 Å². The number of aromatic nitrogens is 6. The Morgan fingerprint density at radius 1 is 0.465 bits per heavy atom. The molecule has 0 fully saturated rings. The molecule has 0 atom stereocenters. The van der Waals surface area contributed by atoms with Crippen molar-refractivity contribution in [2.75, 3.05) is 0 Å². The first-order valence-electron chi connectivity index (χ1n) is 13.7. The minimum absolute atomic E-state index is 0.205. The van der Waals surface area contributed by atoms with Gasteiger partial charge in [-0.2, -0.15) is 0 Å². The zero-order valence-electron chi connectivity index (χ0n) is 22.8. The van der Waals surface area contributed by atoms with Gasteiger partial charge in [0.05, 0.1) is 17.7 Å². The molecule has 1 aliphatic carbocycles. The minimum Gasteiger partial charge on any atom is -0.208 e. The molecule has 7 rings (SSSR count). The monoisotopic (exact) mass is 557 g/mol. The topological polar surface area (TPSA) is 77.3 Å². The molecule has 6 nitrogen and oxygen atoms in total. The summed E-state index contributed by atoms with van der Waals surface area (Å²) in [6.07, 6.45) is 10.3. The van der Waals surface area contributed by atoms with Gasteiger partial charge in [-0.1, -0.05) is 91.0 Å². The maximum Gasteiger partial charge on any atom is 0.190 e. The molecule has 43 heavy (non-hydrogen) atoms. The van der Waals surface area contributed by atoms with E-state index >= 15 is 4.39 Å². The van der Waals surface area contributed by atoms with Crippen molar-refractivity contribution in [2.24, 2.45) is 0 Å². The van der Waals surface area contributed by atoms with Crippen molar-refractivity contribution in [1.82, 2.24) is 29.9 Å². The summed E-state index contributed by atoms with van der Waals surface area (Å²) in [5.41, 5.74) is 4.08. The van der Waals surface area contributed by atoms with Crippen molar-refractivity contribution in [3.05, 3.63) is 151 Å². The first-order valence-corrected chi connectivity index (χ1v) is 13.7. The van der Waals surface area contributed by atoms with Crippen molar-refractivity contribution in [1.29, 1.82) is 0 Å². The summed E-state index contributed by atoms with van der Waals surface area (Å²) in [7, 11) is 0. The Hall–Kier alpha value is -6.04. The smallest absolute Gasteiger partial charge is 0.190 e. The van der Waals surface area contributed by atoms with Crippen LogP contribution in [-0.2, 0) is 0 Å². The molecule has 7 heteroatoms. The van der Waals surface area contributed by atoms with Gasteiger partial charge in [-0.15, -0.1) is 0 Å². The van der Waals surface area contributed by atoms with Crippen LogP contribution in [0.5, 0.6) is 0 Å². The number of rotatable bonds is 6. The predicted octanol–water partition coefficient (Wildman–Crippen LogP) is 7.84. The molecule has 0 N–H and O–H groups in total. The summed E-state index contributed by atoms with van der Waals surface area (Å²) in [5, 5.41) is 0. The molecule has 0 bridgehead atoms. The van der Waals surface area contributed by atoms with Crippen molar-refractivity contribution < 1.29 is 4.39 Å². The molecule has 0 saturated carbocycles. The van der Waals surface area contributed by atoms with E-state index in [2.05, 4.69) is 6.08 Å². The van der Waals surface area contributed by atoms with E-state index in [1.165, 1.54) is 6.07 Å². The average Bonchev–Trinajstić information content (AvgIpc) is 3.09. The molecule has 2 heterocycles. The van der Waals surface area contributed by atoms with E-state index in [0.29, 0.717) is 34.7 Å². The lowest BCUT2D eigenvalue weighted by atomic mass is 10.1. The molecule has 0 unspecified atom stereocenters. The van der Waals surface area contributed by atoms with Crippen LogP contribution in [-0.4, -0.2) is 29.9 Å². The normalized spacial score (nSPS) is 12.1. The molecule has 6 aromatic rings. The van der Waals surface area contributed by atoms with Gasteiger partial charge in [-0.25, -0.2) is 34.3 Å². The Labute approximate surface area is 247 Å². The Morgan fingerprint density at radius 3 is 1.44 bits per heavy atom. The fourth-order valence-electron chi connectivity index (χ4n) is 4.65. The lowest BCUT2D eigenvalue weighted by Crippen LogP contribution is -2.04. The third-order valence-corrected chi connectivity index (χ3v) is 6.81. The molecular weight excluding hydrogens is 535 g/mol. The van der Waals surface area contributed by atoms with Crippen molar-refractivity contribution in [3.63, 3.8) is 0 Å². The number of hydrogen-bond donors (Lipinski definition) is 0. The number of halogens is 1. The van der Waals surface area contributed by atoms with Crippen LogP contribution in [0.4, 0.5) is 4.39 Å². The van der Waals surface area contributed by atoms with Crippen LogP contribution in [0.3, 0.4) is 0 Å². The number of hydrogen-bond acceptors (Lipinski definition) is 6. The van der Waals surface area contributed by atoms with Crippen LogP contribution in [0.15, 0.2) is 133 Å². The largest absolute Gasteiger partial charge is 0.208 e. The molecule has 4 aromatic carbocycles. The van der Waals surface area contributed by atoms with E-state index in [1.54, 1.807) is 24.3 Å². The molecule has 0 spiro atoms. The molecular formula is C36H22FN6+. The van der Waals surface area contributed by atoms with E-state index in [4.69, 9.17) is 29.9 Å². The highest BCUT2D eigenvalue weighted by molar-refractivity contribution is 5.76. The van der Waals surface area contributed by atoms with Crippen LogP contribution < -0.4 is 0 Å². The van der Waals surface area contributed by atoms with Gasteiger partial charge < -0.3 is 0 Å². The summed E-state index contributed by atoms with van der Waals surface area (Å²) in [5.74, 6) is 2.05. The van der Waals surface area contributed by atoms with Gasteiger partial charge in [-0.3, -0.25) is 0 Å². The highest BCUT2D eigenvalue weighted by Gasteiger charge is 2.20. The van der Waals surface area contributed by atoms with Gasteiger partial charge in [0.25, 0.3) is 0 Å². The highest BCUT2D eigenvalue weighted by atomic mass is 19.1. The maximum absolute atomic E-state index is 15.6. The van der Waals surface area contributed by atoms with Gasteiger partial charge in [-0.05, 0) is 18.2 Å². The molecule has 0 saturated heterocycles. The van der Waals surface area contributed by atoms with Crippen LogP contribution in [0.2, 0.25) is 0 Å². The summed E-state index contributed by atoms with van der Waals surface area (Å²) in [6.45, 7) is 0. The Morgan fingerprint density at radius 2 is 0.930 bits per heavy atom. The standard InChI is InChI=1S/C36H22FN6/c37-30-22-21-28(35-40-31(24-13-5-1-6-14-24)38-32(41-35)25-15-7-2-8-16-25)23-29(30)36-42-33(26-17-9-3-10-18-26)39-34(43-36)27-19-11-4-12-20-27/h1-3,5-23H/q+1. The second kappa shape index (κ2) is 11.4. The molecule has 202 valence electrons. The average molecular weight is 558 g/mol. The summed E-state index contributed by atoms with van der Waals surface area (Å²) < 4.78 is 15.6. The fourth-order valence-corrected chi connectivity index (χ4v) is 4.65. The highest BCUT2D eigenvalue weighted by Crippen LogP contribution is 2.30. The number of nitrogens with zero attached hydrogens (tertiary/aromatic N) is 6. The molecule has 0 amide bonds. The lowest BCUT2D eigenvalue weighted by Gasteiger charge is -2.11. The van der Waals surface area contributed by atoms with Crippen molar-refractivity contribution in [3.8, 4) is 56.9 Å². The predicted molar refractivity (Wildman–Crippen MR) is 165 cm³/mol. The first kappa shape index (κ1) is 25.9. The zero-order valence-corrected chi connectivity index (χ0v) is 22.8. The van der Waals surface area contributed by atoms with Gasteiger partial charge in [0.2, 0.25) is 0 Å². The van der Waals surface area contributed by atoms with E-state index in [9.17, 15) is 0 Å². The van der Waals surface area contributed by atoms with Crippen LogP contribution in [0.25, 0.3) is 62.5 Å². The molecule has 1 aliphatic rings. The summed E-state index contributed by atoms with van der Waals surface area (Å²) in [4.78, 5) is 28.4. The minimum atomic E-state index is -0.470. The molecule has 0 aliphatic heterocycles. The van der Waals surface area contributed by atoms with Gasteiger partial charge in [0.1, 0.15) is 23.5 Å². The van der Waals surface area contributed by atoms with E-state index in [1.807, 2.05) is 103 Å². The third kappa shape index (κ3) is 5.48. The molecule has 0 radical (unpaired) electrons. The van der Waals surface area contributed by atoms with Gasteiger partial charge in [0, 0.05) is 28.3 Å². The van der Waals surface area contributed by atoms with Crippen LogP contribution in [0, 0.1) is 11.9 Å².